The zero-order chi connectivity index (χ0) is 22.1. The highest BCUT2D eigenvalue weighted by Crippen LogP contribution is 2.33. The van der Waals surface area contributed by atoms with Crippen molar-refractivity contribution >= 4 is 52.5 Å². The van der Waals surface area contributed by atoms with Crippen LogP contribution in [0.4, 0.5) is 17.5 Å². The van der Waals surface area contributed by atoms with Crippen LogP contribution in [0.3, 0.4) is 0 Å². The molecule has 1 aromatic heterocycles. The largest absolute Gasteiger partial charge is 0.339 e. The van der Waals surface area contributed by atoms with Crippen molar-refractivity contribution in [3.63, 3.8) is 0 Å². The Morgan fingerprint density at radius 3 is 2.87 bits per heavy atom. The number of halogens is 2. The second kappa shape index (κ2) is 8.88. The Bertz CT molecular complexity index is 1090. The summed E-state index contributed by atoms with van der Waals surface area (Å²) >= 11 is 12.1. The SMILES string of the molecule is CC[C@@H]1CCCCN1c1nc2c(c(=O)[nH]1)[C@@H](C(=O)Nc1cc(Cl)ccc1Cl)CC(=O)N2. The lowest BCUT2D eigenvalue weighted by Crippen LogP contribution is -2.43. The third kappa shape index (κ3) is 4.41. The first-order valence-electron chi connectivity index (χ1n) is 10.3. The minimum Gasteiger partial charge on any atom is -0.339 e. The Morgan fingerprint density at radius 2 is 2.10 bits per heavy atom. The fourth-order valence-corrected chi connectivity index (χ4v) is 4.57. The van der Waals surface area contributed by atoms with Gasteiger partial charge in [0, 0.05) is 24.0 Å². The van der Waals surface area contributed by atoms with Crippen LogP contribution in [0.1, 0.15) is 50.5 Å². The summed E-state index contributed by atoms with van der Waals surface area (Å²) < 4.78 is 0. The summed E-state index contributed by atoms with van der Waals surface area (Å²) in [6.45, 7) is 2.88. The van der Waals surface area contributed by atoms with Crippen molar-refractivity contribution in [1.29, 1.82) is 0 Å². The van der Waals surface area contributed by atoms with Crippen molar-refractivity contribution in [2.75, 3.05) is 22.1 Å². The number of nitrogens with one attached hydrogen (secondary N) is 3. The van der Waals surface area contributed by atoms with E-state index < -0.39 is 17.4 Å². The lowest BCUT2D eigenvalue weighted by molar-refractivity contribution is -0.123. The van der Waals surface area contributed by atoms with Crippen LogP contribution >= 0.6 is 23.2 Å². The number of hydrogen-bond donors (Lipinski definition) is 3. The number of H-pyrrole nitrogens is 1. The average molecular weight is 464 g/mol. The van der Waals surface area contributed by atoms with Gasteiger partial charge in [0.25, 0.3) is 5.56 Å². The van der Waals surface area contributed by atoms with E-state index in [1.807, 2.05) is 0 Å². The van der Waals surface area contributed by atoms with E-state index in [1.165, 1.54) is 6.07 Å². The Morgan fingerprint density at radius 1 is 1.29 bits per heavy atom. The molecule has 2 amide bonds. The average Bonchev–Trinajstić information content (AvgIpc) is 2.75. The maximum absolute atomic E-state index is 13.0. The number of piperidine rings is 1. The molecule has 31 heavy (non-hydrogen) atoms. The number of aromatic amines is 1. The van der Waals surface area contributed by atoms with Gasteiger partial charge in [0.15, 0.2) is 0 Å². The molecule has 164 valence electrons. The fourth-order valence-electron chi connectivity index (χ4n) is 4.24. The van der Waals surface area contributed by atoms with Crippen molar-refractivity contribution in [3.8, 4) is 0 Å². The molecule has 0 radical (unpaired) electrons. The van der Waals surface area contributed by atoms with Gasteiger partial charge in [-0.1, -0.05) is 30.1 Å². The maximum atomic E-state index is 13.0. The molecule has 0 unspecified atom stereocenters. The van der Waals surface area contributed by atoms with Crippen LogP contribution in [0.2, 0.25) is 10.0 Å². The first-order chi connectivity index (χ1) is 14.9. The van der Waals surface area contributed by atoms with Crippen LogP contribution in [0.5, 0.6) is 0 Å². The van der Waals surface area contributed by atoms with Gasteiger partial charge in [-0.25, -0.2) is 0 Å². The van der Waals surface area contributed by atoms with Crippen molar-refractivity contribution in [2.24, 2.45) is 0 Å². The molecule has 0 spiro atoms. The third-order valence-electron chi connectivity index (χ3n) is 5.81. The van der Waals surface area contributed by atoms with E-state index in [1.54, 1.807) is 12.1 Å². The van der Waals surface area contributed by atoms with Crippen LogP contribution in [-0.2, 0) is 9.59 Å². The second-order valence-electron chi connectivity index (χ2n) is 7.82. The van der Waals surface area contributed by atoms with E-state index in [2.05, 4.69) is 32.4 Å². The predicted molar refractivity (Wildman–Crippen MR) is 121 cm³/mol. The van der Waals surface area contributed by atoms with Crippen molar-refractivity contribution in [3.05, 3.63) is 44.2 Å². The van der Waals surface area contributed by atoms with E-state index in [-0.39, 0.29) is 29.8 Å². The highest BCUT2D eigenvalue weighted by Gasteiger charge is 2.36. The topological polar surface area (TPSA) is 107 Å². The van der Waals surface area contributed by atoms with E-state index in [4.69, 9.17) is 23.2 Å². The summed E-state index contributed by atoms with van der Waals surface area (Å²) in [5.74, 6) is -1.33. The van der Waals surface area contributed by atoms with E-state index in [9.17, 15) is 14.4 Å². The molecule has 0 aliphatic carbocycles. The molecule has 3 heterocycles. The number of benzene rings is 1. The van der Waals surface area contributed by atoms with Gasteiger partial charge in [-0.05, 0) is 43.9 Å². The van der Waals surface area contributed by atoms with Gasteiger partial charge in [-0.2, -0.15) is 4.98 Å². The molecule has 2 aromatic rings. The Labute approximate surface area is 189 Å². The third-order valence-corrected chi connectivity index (χ3v) is 6.38. The monoisotopic (exact) mass is 463 g/mol. The molecule has 8 nitrogen and oxygen atoms in total. The lowest BCUT2D eigenvalue weighted by atomic mass is 9.92. The Balaban J connectivity index is 1.67. The molecule has 10 heteroatoms. The number of rotatable bonds is 4. The molecular formula is C21H23Cl2N5O3. The molecule has 2 atom stereocenters. The summed E-state index contributed by atoms with van der Waals surface area (Å²) in [6.07, 6.45) is 3.93. The van der Waals surface area contributed by atoms with Gasteiger partial charge in [0.2, 0.25) is 17.8 Å². The van der Waals surface area contributed by atoms with Crippen molar-refractivity contribution in [2.45, 2.75) is 51.0 Å². The summed E-state index contributed by atoms with van der Waals surface area (Å²) in [5, 5.41) is 6.04. The molecule has 2 aliphatic rings. The summed E-state index contributed by atoms with van der Waals surface area (Å²) in [5.41, 5.74) is 0.0219. The highest BCUT2D eigenvalue weighted by atomic mass is 35.5. The number of amides is 2. The Kier molecular flexibility index (Phi) is 6.20. The number of carbonyl (C=O) groups excluding carboxylic acids is 2. The minimum atomic E-state index is -0.993. The number of nitrogens with zero attached hydrogens (tertiary/aromatic N) is 2. The van der Waals surface area contributed by atoms with Crippen LogP contribution in [0.15, 0.2) is 23.0 Å². The first kappa shape index (κ1) is 21.6. The minimum absolute atomic E-state index is 0.132. The molecule has 4 rings (SSSR count). The maximum Gasteiger partial charge on any atom is 0.258 e. The smallest absolute Gasteiger partial charge is 0.258 e. The molecule has 0 bridgehead atoms. The van der Waals surface area contributed by atoms with Crippen LogP contribution < -0.4 is 21.1 Å². The molecule has 1 fully saturated rings. The van der Waals surface area contributed by atoms with Gasteiger partial charge in [0.05, 0.1) is 22.2 Å². The zero-order valence-electron chi connectivity index (χ0n) is 17.0. The normalized spacial score (nSPS) is 20.7. The quantitative estimate of drug-likeness (QED) is 0.636. The zero-order valence-corrected chi connectivity index (χ0v) is 18.5. The molecule has 1 aromatic carbocycles. The number of fused-ring (bicyclic) bond motifs is 1. The van der Waals surface area contributed by atoms with E-state index >= 15 is 0 Å². The first-order valence-corrected chi connectivity index (χ1v) is 11.1. The van der Waals surface area contributed by atoms with Crippen LogP contribution in [-0.4, -0.2) is 34.4 Å². The lowest BCUT2D eigenvalue weighted by Gasteiger charge is -2.36. The van der Waals surface area contributed by atoms with E-state index in [0.29, 0.717) is 21.7 Å². The van der Waals surface area contributed by atoms with Crippen LogP contribution in [0, 0.1) is 0 Å². The number of carbonyl (C=O) groups is 2. The summed E-state index contributed by atoms with van der Waals surface area (Å²) in [4.78, 5) is 47.8. The summed E-state index contributed by atoms with van der Waals surface area (Å²) in [7, 11) is 0. The molecule has 1 saturated heterocycles. The van der Waals surface area contributed by atoms with Gasteiger partial charge in [-0.3, -0.25) is 19.4 Å². The number of aromatic nitrogens is 2. The van der Waals surface area contributed by atoms with Gasteiger partial charge < -0.3 is 15.5 Å². The molecule has 3 N–H and O–H groups in total. The Hall–Kier alpha value is -2.58. The number of hydrogen-bond acceptors (Lipinski definition) is 5. The second-order valence-corrected chi connectivity index (χ2v) is 8.67. The van der Waals surface area contributed by atoms with Crippen molar-refractivity contribution in [1.82, 2.24) is 9.97 Å². The predicted octanol–water partition coefficient (Wildman–Crippen LogP) is 3.91. The van der Waals surface area contributed by atoms with Crippen molar-refractivity contribution < 1.29 is 9.59 Å². The standard InChI is InChI=1S/C21H23Cl2N5O3/c1-2-12-5-3-4-8-28(12)21-26-18-17(20(31)27-21)13(10-16(29)25-18)19(30)24-15-9-11(22)6-7-14(15)23/h6-7,9,12-13H,2-5,8,10H2,1H3,(H,24,30)(H2,25,26,27,29,31)/t12-,13+/m1/s1. The van der Waals surface area contributed by atoms with Gasteiger partial charge >= 0.3 is 0 Å². The molecule has 0 saturated carbocycles. The number of anilines is 3. The van der Waals surface area contributed by atoms with Gasteiger partial charge in [-0.15, -0.1) is 0 Å². The fraction of sp³-hybridized carbons (Fsp3) is 0.429. The van der Waals surface area contributed by atoms with Gasteiger partial charge in [0.1, 0.15) is 5.82 Å². The highest BCUT2D eigenvalue weighted by molar-refractivity contribution is 6.35. The van der Waals surface area contributed by atoms with E-state index in [0.717, 1.165) is 32.2 Å². The molecule has 2 aliphatic heterocycles. The van der Waals surface area contributed by atoms with Crippen LogP contribution in [0.25, 0.3) is 0 Å². The summed E-state index contributed by atoms with van der Waals surface area (Å²) in [6, 6.07) is 4.95. The molecular weight excluding hydrogens is 441 g/mol.